The van der Waals surface area contributed by atoms with Crippen LogP contribution in [0.15, 0.2) is 24.3 Å². The zero-order valence-corrected chi connectivity index (χ0v) is 11.6. The molecule has 1 aliphatic heterocycles. The van der Waals surface area contributed by atoms with Gasteiger partial charge in [-0.1, -0.05) is 36.2 Å². The van der Waals surface area contributed by atoms with E-state index in [1.165, 1.54) is 19.3 Å². The zero-order chi connectivity index (χ0) is 13.0. The van der Waals surface area contributed by atoms with Crippen molar-refractivity contribution in [1.29, 1.82) is 5.26 Å². The predicted octanol–water partition coefficient (Wildman–Crippen LogP) is 3.65. The number of benzene rings is 1. The van der Waals surface area contributed by atoms with Gasteiger partial charge in [0, 0.05) is 11.4 Å². The topological polar surface area (TPSA) is 27.0 Å². The summed E-state index contributed by atoms with van der Waals surface area (Å²) in [7, 11) is 0. The number of hydrogen-bond acceptors (Lipinski definition) is 2. The Hall–Kier alpha value is -1.04. The highest BCUT2D eigenvalue weighted by Gasteiger charge is 2.33. The van der Waals surface area contributed by atoms with Crippen molar-refractivity contribution in [1.82, 2.24) is 4.90 Å². The largest absolute Gasteiger partial charge is 0.285 e. The molecule has 18 heavy (non-hydrogen) atoms. The lowest BCUT2D eigenvalue weighted by Gasteiger charge is -2.38. The van der Waals surface area contributed by atoms with Gasteiger partial charge in [-0.2, -0.15) is 5.26 Å². The fraction of sp³-hybridized carbons (Fsp3) is 0.533. The van der Waals surface area contributed by atoms with E-state index < -0.39 is 5.54 Å². The molecule has 0 aromatic heterocycles. The first-order valence-electron chi connectivity index (χ1n) is 6.55. The van der Waals surface area contributed by atoms with Gasteiger partial charge >= 0.3 is 0 Å². The second-order valence-corrected chi connectivity index (χ2v) is 5.61. The summed E-state index contributed by atoms with van der Waals surface area (Å²) in [6.07, 6.45) is 4.37. The number of halogens is 1. The van der Waals surface area contributed by atoms with Gasteiger partial charge in [0.05, 0.1) is 6.07 Å². The van der Waals surface area contributed by atoms with E-state index in [0.717, 1.165) is 23.7 Å². The van der Waals surface area contributed by atoms with Gasteiger partial charge in [-0.25, -0.2) is 0 Å². The molecule has 0 radical (unpaired) electrons. The zero-order valence-electron chi connectivity index (χ0n) is 10.8. The summed E-state index contributed by atoms with van der Waals surface area (Å²) in [4.78, 5) is 2.31. The number of piperidine rings is 1. The Labute approximate surface area is 114 Å². The molecule has 3 heteroatoms. The van der Waals surface area contributed by atoms with Gasteiger partial charge in [-0.3, -0.25) is 4.90 Å². The van der Waals surface area contributed by atoms with Gasteiger partial charge in [0.25, 0.3) is 0 Å². The molecule has 1 aliphatic rings. The fourth-order valence-electron chi connectivity index (χ4n) is 2.62. The van der Waals surface area contributed by atoms with Crippen LogP contribution in [0.4, 0.5) is 0 Å². The third kappa shape index (κ3) is 2.85. The van der Waals surface area contributed by atoms with E-state index in [-0.39, 0.29) is 0 Å². The standard InChI is InChI=1S/C15H19ClN2/c1-15(12-17,18-9-5-2-6-10-18)11-13-7-3-4-8-14(13)16/h3-4,7-8H,2,5-6,9-11H2,1H3. The Morgan fingerprint density at radius 3 is 2.56 bits per heavy atom. The summed E-state index contributed by atoms with van der Waals surface area (Å²) < 4.78 is 0. The van der Waals surface area contributed by atoms with Crippen molar-refractivity contribution >= 4 is 11.6 Å². The minimum atomic E-state index is -0.439. The van der Waals surface area contributed by atoms with Crippen LogP contribution in [-0.4, -0.2) is 23.5 Å². The van der Waals surface area contributed by atoms with Crippen LogP contribution in [0.2, 0.25) is 5.02 Å². The molecule has 96 valence electrons. The first kappa shape index (κ1) is 13.4. The summed E-state index contributed by atoms with van der Waals surface area (Å²) in [6, 6.07) is 10.3. The van der Waals surface area contributed by atoms with E-state index in [0.29, 0.717) is 6.42 Å². The monoisotopic (exact) mass is 262 g/mol. The molecule has 0 saturated carbocycles. The number of rotatable bonds is 3. The van der Waals surface area contributed by atoms with Crippen LogP contribution in [0.25, 0.3) is 0 Å². The molecular formula is C15H19ClN2. The minimum Gasteiger partial charge on any atom is -0.285 e. The van der Waals surface area contributed by atoms with Crippen molar-refractivity contribution in [2.24, 2.45) is 0 Å². The summed E-state index contributed by atoms with van der Waals surface area (Å²) in [5, 5.41) is 10.3. The first-order chi connectivity index (χ1) is 8.65. The van der Waals surface area contributed by atoms with Crippen LogP contribution in [0.1, 0.15) is 31.7 Å². The molecule has 1 unspecified atom stereocenters. The SMILES string of the molecule is CC(C#N)(Cc1ccccc1Cl)N1CCCCC1. The molecule has 1 saturated heterocycles. The molecule has 1 aromatic rings. The van der Waals surface area contributed by atoms with E-state index in [1.807, 2.05) is 31.2 Å². The van der Waals surface area contributed by atoms with E-state index >= 15 is 0 Å². The molecular weight excluding hydrogens is 244 g/mol. The van der Waals surface area contributed by atoms with Gasteiger partial charge in [-0.05, 0) is 44.5 Å². The van der Waals surface area contributed by atoms with Crippen molar-refractivity contribution in [3.05, 3.63) is 34.9 Å². The average molecular weight is 263 g/mol. The third-order valence-corrected chi connectivity index (χ3v) is 4.16. The molecule has 1 aromatic carbocycles. The van der Waals surface area contributed by atoms with E-state index in [9.17, 15) is 5.26 Å². The third-order valence-electron chi connectivity index (χ3n) is 3.79. The number of nitriles is 1. The van der Waals surface area contributed by atoms with Crippen molar-refractivity contribution in [2.75, 3.05) is 13.1 Å². The Balaban J connectivity index is 2.18. The lowest BCUT2D eigenvalue weighted by Crippen LogP contribution is -2.49. The molecule has 0 bridgehead atoms. The fourth-order valence-corrected chi connectivity index (χ4v) is 2.82. The van der Waals surface area contributed by atoms with Crippen LogP contribution >= 0.6 is 11.6 Å². The first-order valence-corrected chi connectivity index (χ1v) is 6.93. The summed E-state index contributed by atoms with van der Waals surface area (Å²) in [5.74, 6) is 0. The van der Waals surface area contributed by atoms with Crippen LogP contribution in [0, 0.1) is 11.3 Å². The minimum absolute atomic E-state index is 0.439. The highest BCUT2D eigenvalue weighted by molar-refractivity contribution is 6.31. The molecule has 0 amide bonds. The van der Waals surface area contributed by atoms with Crippen LogP contribution < -0.4 is 0 Å². The highest BCUT2D eigenvalue weighted by Crippen LogP contribution is 2.27. The molecule has 1 atom stereocenters. The van der Waals surface area contributed by atoms with Crippen LogP contribution in [0.3, 0.4) is 0 Å². The molecule has 2 rings (SSSR count). The predicted molar refractivity (Wildman–Crippen MR) is 74.6 cm³/mol. The highest BCUT2D eigenvalue weighted by atomic mass is 35.5. The van der Waals surface area contributed by atoms with Gasteiger partial charge in [0.15, 0.2) is 0 Å². The maximum atomic E-state index is 9.55. The number of likely N-dealkylation sites (tertiary alicyclic amines) is 1. The van der Waals surface area contributed by atoms with Gasteiger partial charge in [0.1, 0.15) is 5.54 Å². The van der Waals surface area contributed by atoms with Crippen molar-refractivity contribution in [3.8, 4) is 6.07 Å². The van der Waals surface area contributed by atoms with E-state index in [4.69, 9.17) is 11.6 Å². The molecule has 0 aliphatic carbocycles. The van der Waals surface area contributed by atoms with Gasteiger partial charge in [-0.15, -0.1) is 0 Å². The Bertz CT molecular complexity index is 446. The van der Waals surface area contributed by atoms with E-state index in [2.05, 4.69) is 11.0 Å². The maximum absolute atomic E-state index is 9.55. The van der Waals surface area contributed by atoms with Crippen molar-refractivity contribution in [2.45, 2.75) is 38.1 Å². The van der Waals surface area contributed by atoms with Crippen molar-refractivity contribution in [3.63, 3.8) is 0 Å². The normalized spacial score (nSPS) is 20.1. The molecule has 0 N–H and O–H groups in total. The Morgan fingerprint density at radius 2 is 1.94 bits per heavy atom. The number of hydrogen-bond donors (Lipinski definition) is 0. The maximum Gasteiger partial charge on any atom is 0.110 e. The quantitative estimate of drug-likeness (QED) is 0.831. The van der Waals surface area contributed by atoms with Crippen LogP contribution in [-0.2, 0) is 6.42 Å². The van der Waals surface area contributed by atoms with Crippen LogP contribution in [0.5, 0.6) is 0 Å². The summed E-state index contributed by atoms with van der Waals surface area (Å²) in [5.41, 5.74) is 0.625. The Kier molecular flexibility index (Phi) is 4.27. The van der Waals surface area contributed by atoms with Crippen molar-refractivity contribution < 1.29 is 0 Å². The second kappa shape index (κ2) is 5.73. The van der Waals surface area contributed by atoms with E-state index in [1.54, 1.807) is 0 Å². The summed E-state index contributed by atoms with van der Waals surface area (Å²) >= 11 is 6.20. The number of nitrogens with zero attached hydrogens (tertiary/aromatic N) is 2. The van der Waals surface area contributed by atoms with Gasteiger partial charge < -0.3 is 0 Å². The smallest absolute Gasteiger partial charge is 0.110 e. The average Bonchev–Trinajstić information content (AvgIpc) is 2.42. The lowest BCUT2D eigenvalue weighted by atomic mass is 9.90. The molecule has 1 heterocycles. The molecule has 1 fully saturated rings. The molecule has 2 nitrogen and oxygen atoms in total. The van der Waals surface area contributed by atoms with Gasteiger partial charge in [0.2, 0.25) is 0 Å². The summed E-state index contributed by atoms with van der Waals surface area (Å²) in [6.45, 7) is 4.07. The lowest BCUT2D eigenvalue weighted by molar-refractivity contribution is 0.124. The second-order valence-electron chi connectivity index (χ2n) is 5.20. The Morgan fingerprint density at radius 1 is 1.28 bits per heavy atom. The molecule has 0 spiro atoms.